The van der Waals surface area contributed by atoms with Gasteiger partial charge in [-0.25, -0.2) is 22.2 Å². The van der Waals surface area contributed by atoms with Crippen LogP contribution in [0.15, 0.2) is 53.7 Å². The Hall–Kier alpha value is -2.65. The standard InChI is InChI=1S/C15H14FN5O2S/c1-11-8-14(6-7-15(11)21-10-17-19-20-21)24(22,23)18-9-12-2-4-13(16)5-3-12/h2-8,10,18H,9H2,1H3. The number of halogens is 1. The summed E-state index contributed by atoms with van der Waals surface area (Å²) < 4.78 is 41.6. The second-order valence-corrected chi connectivity index (χ2v) is 6.92. The summed E-state index contributed by atoms with van der Waals surface area (Å²) in [6, 6.07) is 10.3. The average Bonchev–Trinajstić information content (AvgIpc) is 3.08. The first-order valence-corrected chi connectivity index (χ1v) is 8.52. The van der Waals surface area contributed by atoms with E-state index in [1.165, 1.54) is 41.3 Å². The molecule has 0 unspecified atom stereocenters. The van der Waals surface area contributed by atoms with Crippen LogP contribution in [-0.4, -0.2) is 28.6 Å². The summed E-state index contributed by atoms with van der Waals surface area (Å²) >= 11 is 0. The Morgan fingerprint density at radius 2 is 1.92 bits per heavy atom. The monoisotopic (exact) mass is 347 g/mol. The van der Waals surface area contributed by atoms with Gasteiger partial charge in [-0.15, -0.1) is 5.10 Å². The molecule has 0 atom stereocenters. The van der Waals surface area contributed by atoms with Crippen LogP contribution in [0.3, 0.4) is 0 Å². The lowest BCUT2D eigenvalue weighted by Gasteiger charge is -2.10. The van der Waals surface area contributed by atoms with E-state index in [1.54, 1.807) is 19.1 Å². The summed E-state index contributed by atoms with van der Waals surface area (Å²) in [4.78, 5) is 0.138. The topological polar surface area (TPSA) is 89.8 Å². The van der Waals surface area contributed by atoms with Crippen molar-refractivity contribution in [3.63, 3.8) is 0 Å². The van der Waals surface area contributed by atoms with E-state index in [9.17, 15) is 12.8 Å². The van der Waals surface area contributed by atoms with Gasteiger partial charge in [-0.1, -0.05) is 12.1 Å². The van der Waals surface area contributed by atoms with Gasteiger partial charge in [-0.2, -0.15) is 0 Å². The number of aromatic nitrogens is 4. The Morgan fingerprint density at radius 1 is 1.17 bits per heavy atom. The van der Waals surface area contributed by atoms with Crippen molar-refractivity contribution in [2.45, 2.75) is 18.4 Å². The molecule has 0 spiro atoms. The van der Waals surface area contributed by atoms with E-state index in [0.717, 1.165) is 0 Å². The lowest BCUT2D eigenvalue weighted by Crippen LogP contribution is -2.23. The van der Waals surface area contributed by atoms with Gasteiger partial charge in [0.1, 0.15) is 12.1 Å². The number of benzene rings is 2. The summed E-state index contributed by atoms with van der Waals surface area (Å²) in [5, 5.41) is 10.9. The Balaban J connectivity index is 1.79. The Morgan fingerprint density at radius 3 is 2.54 bits per heavy atom. The summed E-state index contributed by atoms with van der Waals surface area (Å²) in [5.74, 6) is -0.365. The molecular formula is C15H14FN5O2S. The predicted molar refractivity (Wildman–Crippen MR) is 84.3 cm³/mol. The van der Waals surface area contributed by atoms with Gasteiger partial charge >= 0.3 is 0 Å². The number of sulfonamides is 1. The Bertz CT molecular complexity index is 941. The molecule has 0 aliphatic heterocycles. The maximum absolute atomic E-state index is 12.9. The fraction of sp³-hybridized carbons (Fsp3) is 0.133. The Labute approximate surface area is 138 Å². The molecule has 2 aromatic carbocycles. The van der Waals surface area contributed by atoms with Crippen LogP contribution >= 0.6 is 0 Å². The van der Waals surface area contributed by atoms with Crippen LogP contribution in [0.2, 0.25) is 0 Å². The number of hydrogen-bond donors (Lipinski definition) is 1. The van der Waals surface area contributed by atoms with Crippen LogP contribution in [0.5, 0.6) is 0 Å². The van der Waals surface area contributed by atoms with Crippen molar-refractivity contribution < 1.29 is 12.8 Å². The zero-order chi connectivity index (χ0) is 17.2. The number of nitrogens with one attached hydrogen (secondary N) is 1. The van der Waals surface area contributed by atoms with E-state index in [4.69, 9.17) is 0 Å². The molecule has 0 aliphatic rings. The smallest absolute Gasteiger partial charge is 0.207 e. The fourth-order valence-electron chi connectivity index (χ4n) is 2.19. The molecule has 0 aliphatic carbocycles. The highest BCUT2D eigenvalue weighted by Crippen LogP contribution is 2.18. The summed E-state index contributed by atoms with van der Waals surface area (Å²) in [6.07, 6.45) is 1.43. The van der Waals surface area contributed by atoms with E-state index in [0.29, 0.717) is 16.8 Å². The van der Waals surface area contributed by atoms with Gasteiger partial charge in [0.15, 0.2) is 0 Å². The maximum Gasteiger partial charge on any atom is 0.240 e. The second kappa shape index (κ2) is 6.46. The number of tetrazole rings is 1. The first-order chi connectivity index (χ1) is 11.5. The van der Waals surface area contributed by atoms with Gasteiger partial charge in [0.05, 0.1) is 10.6 Å². The molecule has 9 heteroatoms. The quantitative estimate of drug-likeness (QED) is 0.757. The maximum atomic E-state index is 12.9. The minimum absolute atomic E-state index is 0.0798. The Kier molecular flexibility index (Phi) is 4.36. The fourth-order valence-corrected chi connectivity index (χ4v) is 3.29. The summed E-state index contributed by atoms with van der Waals surface area (Å²) in [6.45, 7) is 1.85. The van der Waals surface area contributed by atoms with Crippen LogP contribution in [0.1, 0.15) is 11.1 Å². The van der Waals surface area contributed by atoms with Crippen molar-refractivity contribution in [2.75, 3.05) is 0 Å². The highest BCUT2D eigenvalue weighted by Gasteiger charge is 2.15. The van der Waals surface area contributed by atoms with Crippen LogP contribution in [0.25, 0.3) is 5.69 Å². The average molecular weight is 347 g/mol. The third-order valence-corrected chi connectivity index (χ3v) is 4.85. The molecule has 0 amide bonds. The van der Waals surface area contributed by atoms with Crippen molar-refractivity contribution in [3.8, 4) is 5.69 Å². The highest BCUT2D eigenvalue weighted by molar-refractivity contribution is 7.89. The molecular weight excluding hydrogens is 333 g/mol. The molecule has 1 aromatic heterocycles. The molecule has 0 radical (unpaired) electrons. The predicted octanol–water partition coefficient (Wildman–Crippen LogP) is 1.59. The number of aryl methyl sites for hydroxylation is 1. The van der Waals surface area contributed by atoms with Crippen molar-refractivity contribution in [1.29, 1.82) is 0 Å². The second-order valence-electron chi connectivity index (χ2n) is 5.15. The van der Waals surface area contributed by atoms with E-state index >= 15 is 0 Å². The SMILES string of the molecule is Cc1cc(S(=O)(=O)NCc2ccc(F)cc2)ccc1-n1cnnn1. The lowest BCUT2D eigenvalue weighted by atomic mass is 10.2. The van der Waals surface area contributed by atoms with E-state index < -0.39 is 10.0 Å². The van der Waals surface area contributed by atoms with E-state index in [2.05, 4.69) is 20.2 Å². The molecule has 0 saturated heterocycles. The van der Waals surface area contributed by atoms with Gasteiger partial charge in [-0.05, 0) is 58.8 Å². The van der Waals surface area contributed by atoms with Crippen LogP contribution in [0, 0.1) is 12.7 Å². The third kappa shape index (κ3) is 3.47. The first kappa shape index (κ1) is 16.2. The number of nitrogens with zero attached hydrogens (tertiary/aromatic N) is 4. The number of hydrogen-bond acceptors (Lipinski definition) is 5. The van der Waals surface area contributed by atoms with Gasteiger partial charge < -0.3 is 0 Å². The molecule has 1 N–H and O–H groups in total. The van der Waals surface area contributed by atoms with Crippen LogP contribution in [-0.2, 0) is 16.6 Å². The van der Waals surface area contributed by atoms with Gasteiger partial charge in [0, 0.05) is 6.54 Å². The molecule has 3 aromatic rings. The normalized spacial score (nSPS) is 11.6. The van der Waals surface area contributed by atoms with Crippen LogP contribution < -0.4 is 4.72 Å². The zero-order valence-corrected chi connectivity index (χ0v) is 13.5. The summed E-state index contributed by atoms with van der Waals surface area (Å²) in [7, 11) is -3.68. The van der Waals surface area contributed by atoms with Crippen molar-refractivity contribution in [2.24, 2.45) is 0 Å². The molecule has 3 rings (SSSR count). The van der Waals surface area contributed by atoms with Gasteiger partial charge in [0.25, 0.3) is 0 Å². The molecule has 0 saturated carbocycles. The van der Waals surface area contributed by atoms with Crippen molar-refractivity contribution >= 4 is 10.0 Å². The molecule has 0 bridgehead atoms. The molecule has 124 valence electrons. The third-order valence-electron chi connectivity index (χ3n) is 3.45. The van der Waals surface area contributed by atoms with Crippen LogP contribution in [0.4, 0.5) is 4.39 Å². The molecule has 24 heavy (non-hydrogen) atoms. The minimum Gasteiger partial charge on any atom is -0.207 e. The van der Waals surface area contributed by atoms with Gasteiger partial charge in [0.2, 0.25) is 10.0 Å². The van der Waals surface area contributed by atoms with Crippen molar-refractivity contribution in [1.82, 2.24) is 24.9 Å². The molecule has 1 heterocycles. The van der Waals surface area contributed by atoms with Gasteiger partial charge in [-0.3, -0.25) is 0 Å². The number of rotatable bonds is 5. The highest BCUT2D eigenvalue weighted by atomic mass is 32.2. The molecule has 7 nitrogen and oxygen atoms in total. The summed E-state index contributed by atoms with van der Waals surface area (Å²) in [5.41, 5.74) is 2.08. The van der Waals surface area contributed by atoms with Crippen molar-refractivity contribution in [3.05, 3.63) is 65.7 Å². The zero-order valence-electron chi connectivity index (χ0n) is 12.7. The lowest BCUT2D eigenvalue weighted by molar-refractivity contribution is 0.581. The minimum atomic E-state index is -3.68. The first-order valence-electron chi connectivity index (χ1n) is 7.04. The van der Waals surface area contributed by atoms with E-state index in [-0.39, 0.29) is 17.3 Å². The molecule has 0 fully saturated rings. The largest absolute Gasteiger partial charge is 0.240 e. The van der Waals surface area contributed by atoms with E-state index in [1.807, 2.05) is 0 Å².